The number of likely N-dealkylation sites (tertiary alicyclic amines) is 1. The molecule has 0 spiro atoms. The molecule has 254 valence electrons. The third-order valence-electron chi connectivity index (χ3n) is 8.54. The molecule has 5 atom stereocenters. The van der Waals surface area contributed by atoms with Crippen LogP contribution in [-0.2, 0) is 25.5 Å². The van der Waals surface area contributed by atoms with Crippen molar-refractivity contribution in [3.05, 3.63) is 36.0 Å². The van der Waals surface area contributed by atoms with Crippen LogP contribution in [0, 0.1) is 5.41 Å². The quantitative estimate of drug-likeness (QED) is 0.259. The summed E-state index contributed by atoms with van der Waals surface area (Å²) >= 11 is 0. The Morgan fingerprint density at radius 3 is 2.15 bits per heavy atom. The van der Waals surface area contributed by atoms with E-state index in [1.54, 1.807) is 35.4 Å². The monoisotopic (exact) mass is 641 g/mol. The Morgan fingerprint density at radius 1 is 0.957 bits per heavy atom. The topological polar surface area (TPSA) is 159 Å². The minimum atomic E-state index is -1.21. The number of hydrogen-bond donors (Lipinski definition) is 4. The number of carboxylic acid groups (broad SMARTS) is 1. The fourth-order valence-corrected chi connectivity index (χ4v) is 6.17. The first kappa shape index (κ1) is 36.4. The van der Waals surface area contributed by atoms with E-state index in [0.29, 0.717) is 29.3 Å². The van der Waals surface area contributed by atoms with Gasteiger partial charge in [-0.25, -0.2) is 14.4 Å². The minimum Gasteiger partial charge on any atom is -0.480 e. The number of aliphatic carboxylic acids is 1. The van der Waals surface area contributed by atoms with Gasteiger partial charge < -0.3 is 30.7 Å². The van der Waals surface area contributed by atoms with Crippen molar-refractivity contribution in [1.29, 1.82) is 0 Å². The van der Waals surface area contributed by atoms with E-state index in [-0.39, 0.29) is 36.4 Å². The first-order chi connectivity index (χ1) is 21.7. The molecule has 0 aliphatic carbocycles. The van der Waals surface area contributed by atoms with Crippen LogP contribution in [0.5, 0.6) is 0 Å². The van der Waals surface area contributed by atoms with Crippen LogP contribution in [-0.4, -0.2) is 81.8 Å². The lowest BCUT2D eigenvalue weighted by atomic mass is 9.87. The van der Waals surface area contributed by atoms with E-state index in [4.69, 9.17) is 4.74 Å². The molecular weight excluding hydrogens is 590 g/mol. The maximum absolute atomic E-state index is 14.0. The summed E-state index contributed by atoms with van der Waals surface area (Å²) in [6.45, 7) is 11.8. The lowest BCUT2D eigenvalue weighted by Gasteiger charge is -2.40. The number of piperidine rings is 1. The van der Waals surface area contributed by atoms with Gasteiger partial charge in [-0.05, 0) is 63.0 Å². The summed E-state index contributed by atoms with van der Waals surface area (Å²) in [6.07, 6.45) is 5.53. The molecule has 0 bridgehead atoms. The van der Waals surface area contributed by atoms with Gasteiger partial charge in [0.2, 0.25) is 11.8 Å². The Labute approximate surface area is 271 Å². The third kappa shape index (κ3) is 9.46. The van der Waals surface area contributed by atoms with Crippen LogP contribution in [0.1, 0.15) is 92.1 Å². The molecule has 2 heterocycles. The van der Waals surface area contributed by atoms with E-state index in [9.17, 15) is 29.1 Å². The van der Waals surface area contributed by atoms with E-state index in [2.05, 4.69) is 16.0 Å². The van der Waals surface area contributed by atoms with Crippen molar-refractivity contribution >= 4 is 40.8 Å². The number of nitrogens with zero attached hydrogens (tertiary/aromatic N) is 2. The summed E-state index contributed by atoms with van der Waals surface area (Å²) in [7, 11) is 1.27. The number of hydrogen-bond acceptors (Lipinski definition) is 6. The highest BCUT2D eigenvalue weighted by Gasteiger charge is 2.35. The van der Waals surface area contributed by atoms with E-state index < -0.39 is 42.0 Å². The van der Waals surface area contributed by atoms with Gasteiger partial charge in [0.1, 0.15) is 18.1 Å². The largest absolute Gasteiger partial charge is 0.480 e. The molecule has 1 fully saturated rings. The molecule has 1 aromatic heterocycles. The predicted octanol–water partition coefficient (Wildman–Crippen LogP) is 4.82. The predicted molar refractivity (Wildman–Crippen MR) is 175 cm³/mol. The Kier molecular flexibility index (Phi) is 12.6. The summed E-state index contributed by atoms with van der Waals surface area (Å²) in [4.78, 5) is 67.6. The summed E-state index contributed by atoms with van der Waals surface area (Å²) in [5.41, 5.74) is 0.785. The van der Waals surface area contributed by atoms with Crippen LogP contribution in [0.3, 0.4) is 0 Å². The molecule has 1 saturated heterocycles. The molecule has 4 N–H and O–H groups in total. The van der Waals surface area contributed by atoms with Gasteiger partial charge in [0.05, 0.1) is 12.6 Å². The van der Waals surface area contributed by atoms with Gasteiger partial charge in [0, 0.05) is 30.1 Å². The normalized spacial score (nSPS) is 18.7. The molecule has 3 unspecified atom stereocenters. The maximum atomic E-state index is 14.0. The number of carboxylic acids is 1. The number of ether oxygens (including phenoxy) is 1. The molecule has 0 radical (unpaired) electrons. The average molecular weight is 642 g/mol. The fourth-order valence-electron chi connectivity index (χ4n) is 6.17. The number of carbonyl (C=O) groups is 5. The highest BCUT2D eigenvalue weighted by molar-refractivity contribution is 5.95. The SMILES string of the molecule is CCCCC(NC(=O)[C@@H](Cc1cn(C(=O)OC)c2ccccc12)NC(=O)C(CC(C)(C)C)NC(=O)N1C(C)CCC[C@@H]1C)C(=O)O. The number of methoxy groups -OCH3 is 1. The Balaban J connectivity index is 1.97. The second kappa shape index (κ2) is 16.0. The van der Waals surface area contributed by atoms with E-state index in [1.165, 1.54) is 11.7 Å². The Hall–Kier alpha value is -4.09. The number of unbranched alkanes of at least 4 members (excludes halogenated alkanes) is 1. The highest BCUT2D eigenvalue weighted by atomic mass is 16.5. The molecule has 0 saturated carbocycles. The first-order valence-electron chi connectivity index (χ1n) is 16.3. The van der Waals surface area contributed by atoms with Crippen molar-refractivity contribution in [2.75, 3.05) is 7.11 Å². The lowest BCUT2D eigenvalue weighted by Crippen LogP contribution is -2.60. The molecular formula is C34H51N5O7. The summed E-state index contributed by atoms with van der Waals surface area (Å²) < 4.78 is 6.26. The van der Waals surface area contributed by atoms with Gasteiger partial charge in [-0.3, -0.25) is 14.2 Å². The molecule has 12 heteroatoms. The van der Waals surface area contributed by atoms with Crippen LogP contribution in [0.2, 0.25) is 0 Å². The van der Waals surface area contributed by atoms with Gasteiger partial charge in [-0.1, -0.05) is 58.7 Å². The molecule has 1 aliphatic heterocycles. The lowest BCUT2D eigenvalue weighted by molar-refractivity contribution is -0.142. The number of carbonyl (C=O) groups excluding carboxylic acids is 4. The minimum absolute atomic E-state index is 0.0174. The Morgan fingerprint density at radius 2 is 1.57 bits per heavy atom. The van der Waals surface area contributed by atoms with Crippen LogP contribution in [0.15, 0.2) is 30.5 Å². The molecule has 1 aliphatic rings. The van der Waals surface area contributed by atoms with Crippen molar-refractivity contribution in [2.45, 2.75) is 123 Å². The number of benzene rings is 1. The number of fused-ring (bicyclic) bond motifs is 1. The summed E-state index contributed by atoms with van der Waals surface area (Å²) in [6, 6.07) is 3.49. The second-order valence-corrected chi connectivity index (χ2v) is 13.6. The van der Waals surface area contributed by atoms with Crippen molar-refractivity contribution in [2.24, 2.45) is 5.41 Å². The molecule has 4 amide bonds. The van der Waals surface area contributed by atoms with E-state index >= 15 is 0 Å². The number of para-hydroxylation sites is 1. The number of rotatable bonds is 12. The van der Waals surface area contributed by atoms with Gasteiger partial charge in [-0.15, -0.1) is 0 Å². The Bertz CT molecular complexity index is 1390. The summed E-state index contributed by atoms with van der Waals surface area (Å²) in [5.74, 6) is -2.40. The van der Waals surface area contributed by atoms with E-state index in [0.717, 1.165) is 25.7 Å². The van der Waals surface area contributed by atoms with Gasteiger partial charge >= 0.3 is 18.1 Å². The third-order valence-corrected chi connectivity index (χ3v) is 8.54. The van der Waals surface area contributed by atoms with Crippen molar-refractivity contribution in [3.8, 4) is 0 Å². The standard InChI is InChI=1S/C34H51N5O7/c1-8-9-16-25(31(42)43)35-29(40)26(18-23-20-38(33(45)46-7)28-17-11-10-15-24(23)28)36-30(41)27(19-34(4,5)6)37-32(44)39-21(2)13-12-14-22(39)3/h10-11,15,17,20-22,25-27H,8-9,12-14,16,18-19H2,1-7H3,(H,35,40)(H,36,41)(H,37,44)(H,42,43)/t21-,22?,25?,26+,27?/m0/s1. The number of nitrogens with one attached hydrogen (secondary N) is 3. The van der Waals surface area contributed by atoms with Gasteiger partial charge in [0.25, 0.3) is 0 Å². The highest BCUT2D eigenvalue weighted by Crippen LogP contribution is 2.26. The van der Waals surface area contributed by atoms with Crippen LogP contribution < -0.4 is 16.0 Å². The van der Waals surface area contributed by atoms with Crippen molar-refractivity contribution < 1.29 is 33.8 Å². The first-order valence-corrected chi connectivity index (χ1v) is 16.3. The smallest absolute Gasteiger partial charge is 0.418 e. The van der Waals surface area contributed by atoms with Crippen molar-refractivity contribution in [1.82, 2.24) is 25.4 Å². The van der Waals surface area contributed by atoms with Gasteiger partial charge in [0.15, 0.2) is 0 Å². The molecule has 12 nitrogen and oxygen atoms in total. The number of urea groups is 1. The molecule has 3 rings (SSSR count). The molecule has 46 heavy (non-hydrogen) atoms. The zero-order valence-corrected chi connectivity index (χ0v) is 28.2. The summed E-state index contributed by atoms with van der Waals surface area (Å²) in [5, 5.41) is 18.9. The number of aromatic nitrogens is 1. The van der Waals surface area contributed by atoms with Crippen LogP contribution in [0.25, 0.3) is 10.9 Å². The fraction of sp³-hybridized carbons (Fsp3) is 0.618. The molecule has 1 aromatic carbocycles. The van der Waals surface area contributed by atoms with Crippen molar-refractivity contribution in [3.63, 3.8) is 0 Å². The number of amides is 4. The zero-order chi connectivity index (χ0) is 34.2. The second-order valence-electron chi connectivity index (χ2n) is 13.6. The van der Waals surface area contributed by atoms with E-state index in [1.807, 2.05) is 41.5 Å². The molecule has 2 aromatic rings. The zero-order valence-electron chi connectivity index (χ0n) is 28.2. The van der Waals surface area contributed by atoms with Crippen LogP contribution in [0.4, 0.5) is 9.59 Å². The van der Waals surface area contributed by atoms with Crippen LogP contribution >= 0.6 is 0 Å². The maximum Gasteiger partial charge on any atom is 0.418 e. The average Bonchev–Trinajstić information content (AvgIpc) is 3.35. The van der Waals surface area contributed by atoms with Gasteiger partial charge in [-0.2, -0.15) is 0 Å².